The molecule has 1 aromatic carbocycles. The molecule has 0 radical (unpaired) electrons. The van der Waals surface area contributed by atoms with Crippen LogP contribution in [-0.4, -0.2) is 29.0 Å². The molecule has 0 aliphatic heterocycles. The van der Waals surface area contributed by atoms with Crippen LogP contribution in [0.2, 0.25) is 0 Å². The predicted molar refractivity (Wildman–Crippen MR) is 74.9 cm³/mol. The summed E-state index contributed by atoms with van der Waals surface area (Å²) in [5, 5.41) is 20.7. The van der Waals surface area contributed by atoms with Gasteiger partial charge in [0.05, 0.1) is 11.7 Å². The second-order valence-corrected chi connectivity index (χ2v) is 5.36. The monoisotopic (exact) mass is 278 g/mol. The SMILES string of the molecule is CO[C@H](Cc1cc2ccc(=O)oc2cc1O)C(C)(C)O. The van der Waals surface area contributed by atoms with E-state index in [9.17, 15) is 15.0 Å². The molecular weight excluding hydrogens is 260 g/mol. The number of phenolic OH excluding ortho intramolecular Hbond substituents is 1. The Hall–Kier alpha value is -1.85. The molecule has 0 saturated heterocycles. The fourth-order valence-corrected chi connectivity index (χ4v) is 2.14. The van der Waals surface area contributed by atoms with E-state index in [-0.39, 0.29) is 5.75 Å². The summed E-state index contributed by atoms with van der Waals surface area (Å²) in [4.78, 5) is 11.1. The van der Waals surface area contributed by atoms with Gasteiger partial charge >= 0.3 is 5.63 Å². The molecule has 0 saturated carbocycles. The Labute approximate surface area is 116 Å². The Morgan fingerprint density at radius 3 is 2.65 bits per heavy atom. The summed E-state index contributed by atoms with van der Waals surface area (Å²) in [5.74, 6) is 0.0122. The van der Waals surface area contributed by atoms with Crippen molar-refractivity contribution in [3.05, 3.63) is 40.2 Å². The van der Waals surface area contributed by atoms with Crippen molar-refractivity contribution >= 4 is 11.0 Å². The van der Waals surface area contributed by atoms with E-state index in [2.05, 4.69) is 0 Å². The minimum absolute atomic E-state index is 0.0122. The van der Waals surface area contributed by atoms with Crippen molar-refractivity contribution in [2.45, 2.75) is 32.0 Å². The van der Waals surface area contributed by atoms with Gasteiger partial charge in [0, 0.05) is 31.0 Å². The van der Waals surface area contributed by atoms with Crippen molar-refractivity contribution in [3.63, 3.8) is 0 Å². The van der Waals surface area contributed by atoms with E-state index in [4.69, 9.17) is 9.15 Å². The molecule has 1 aromatic heterocycles. The molecule has 0 bridgehead atoms. The topological polar surface area (TPSA) is 79.9 Å². The average molecular weight is 278 g/mol. The number of benzene rings is 1. The number of hydrogen-bond donors (Lipinski definition) is 2. The number of aromatic hydroxyl groups is 1. The number of methoxy groups -OCH3 is 1. The van der Waals surface area contributed by atoms with Crippen molar-refractivity contribution < 1.29 is 19.4 Å². The molecule has 0 amide bonds. The first-order valence-corrected chi connectivity index (χ1v) is 6.32. The largest absolute Gasteiger partial charge is 0.508 e. The van der Waals surface area contributed by atoms with Gasteiger partial charge < -0.3 is 19.4 Å². The lowest BCUT2D eigenvalue weighted by Crippen LogP contribution is -2.39. The van der Waals surface area contributed by atoms with Crippen LogP contribution < -0.4 is 5.63 Å². The second kappa shape index (κ2) is 5.26. The van der Waals surface area contributed by atoms with Gasteiger partial charge in [-0.15, -0.1) is 0 Å². The van der Waals surface area contributed by atoms with Gasteiger partial charge in [-0.05, 0) is 31.5 Å². The van der Waals surface area contributed by atoms with Gasteiger partial charge in [0.25, 0.3) is 0 Å². The molecule has 0 fully saturated rings. The lowest BCUT2D eigenvalue weighted by Gasteiger charge is -2.28. The smallest absolute Gasteiger partial charge is 0.336 e. The highest BCUT2D eigenvalue weighted by atomic mass is 16.5. The van der Waals surface area contributed by atoms with Gasteiger partial charge in [-0.1, -0.05) is 0 Å². The van der Waals surface area contributed by atoms with Crippen LogP contribution in [0.4, 0.5) is 0 Å². The van der Waals surface area contributed by atoms with Gasteiger partial charge in [0.15, 0.2) is 0 Å². The fraction of sp³-hybridized carbons (Fsp3) is 0.400. The lowest BCUT2D eigenvalue weighted by atomic mass is 9.94. The van der Waals surface area contributed by atoms with E-state index < -0.39 is 17.3 Å². The van der Waals surface area contributed by atoms with Crippen LogP contribution in [-0.2, 0) is 11.2 Å². The molecule has 2 aromatic rings. The van der Waals surface area contributed by atoms with Crippen molar-refractivity contribution in [2.24, 2.45) is 0 Å². The van der Waals surface area contributed by atoms with Gasteiger partial charge in [-0.25, -0.2) is 4.79 Å². The molecular formula is C15H18O5. The predicted octanol–water partition coefficient (Wildman–Crippen LogP) is 1.83. The Bertz CT molecular complexity index is 666. The maximum atomic E-state index is 11.1. The quantitative estimate of drug-likeness (QED) is 0.834. The lowest BCUT2D eigenvalue weighted by molar-refractivity contribution is -0.0690. The number of phenols is 1. The summed E-state index contributed by atoms with van der Waals surface area (Å²) in [5.41, 5.74) is -0.536. The zero-order valence-corrected chi connectivity index (χ0v) is 11.7. The van der Waals surface area contributed by atoms with Crippen LogP contribution >= 0.6 is 0 Å². The molecule has 0 aliphatic rings. The number of ether oxygens (including phenoxy) is 1. The van der Waals surface area contributed by atoms with Crippen molar-refractivity contribution in [1.82, 2.24) is 0 Å². The molecule has 0 unspecified atom stereocenters. The van der Waals surface area contributed by atoms with Gasteiger partial charge in [-0.2, -0.15) is 0 Å². The number of rotatable bonds is 4. The van der Waals surface area contributed by atoms with E-state index >= 15 is 0 Å². The molecule has 1 atom stereocenters. The van der Waals surface area contributed by atoms with E-state index in [1.165, 1.54) is 19.2 Å². The van der Waals surface area contributed by atoms with Crippen LogP contribution in [0.15, 0.2) is 33.5 Å². The third-order valence-electron chi connectivity index (χ3n) is 3.30. The van der Waals surface area contributed by atoms with Crippen LogP contribution in [0.25, 0.3) is 11.0 Å². The highest BCUT2D eigenvalue weighted by Crippen LogP contribution is 2.27. The van der Waals surface area contributed by atoms with E-state index in [1.807, 2.05) is 0 Å². The first-order valence-electron chi connectivity index (χ1n) is 6.32. The first-order chi connectivity index (χ1) is 9.31. The van der Waals surface area contributed by atoms with Crippen LogP contribution in [0, 0.1) is 0 Å². The summed E-state index contributed by atoms with van der Waals surface area (Å²) < 4.78 is 10.3. The van der Waals surface area contributed by atoms with Gasteiger partial charge in [0.2, 0.25) is 0 Å². The molecule has 2 rings (SSSR count). The molecule has 0 aliphatic carbocycles. The van der Waals surface area contributed by atoms with E-state index in [0.717, 1.165) is 0 Å². The minimum Gasteiger partial charge on any atom is -0.508 e. The Morgan fingerprint density at radius 2 is 2.05 bits per heavy atom. The molecule has 20 heavy (non-hydrogen) atoms. The molecule has 2 N–H and O–H groups in total. The minimum atomic E-state index is -1.03. The second-order valence-electron chi connectivity index (χ2n) is 5.36. The third kappa shape index (κ3) is 3.00. The molecule has 5 heteroatoms. The van der Waals surface area contributed by atoms with E-state index in [0.29, 0.717) is 23.0 Å². The zero-order valence-electron chi connectivity index (χ0n) is 11.7. The van der Waals surface area contributed by atoms with Crippen LogP contribution in [0.5, 0.6) is 5.75 Å². The Kier molecular flexibility index (Phi) is 3.83. The highest BCUT2D eigenvalue weighted by molar-refractivity contribution is 5.79. The summed E-state index contributed by atoms with van der Waals surface area (Å²) in [6.45, 7) is 3.30. The number of hydrogen-bond acceptors (Lipinski definition) is 5. The van der Waals surface area contributed by atoms with Crippen molar-refractivity contribution in [3.8, 4) is 5.75 Å². The Balaban J connectivity index is 2.42. The number of aliphatic hydroxyl groups is 1. The summed E-state index contributed by atoms with van der Waals surface area (Å²) in [6.07, 6.45) is -0.109. The molecule has 108 valence electrons. The first kappa shape index (κ1) is 14.6. The average Bonchev–Trinajstić information content (AvgIpc) is 2.34. The molecule has 0 spiro atoms. The molecule has 1 heterocycles. The third-order valence-corrected chi connectivity index (χ3v) is 3.30. The van der Waals surface area contributed by atoms with E-state index in [1.54, 1.807) is 26.0 Å². The Morgan fingerprint density at radius 1 is 1.35 bits per heavy atom. The summed E-state index contributed by atoms with van der Waals surface area (Å²) in [6, 6.07) is 6.09. The van der Waals surface area contributed by atoms with Crippen molar-refractivity contribution in [1.29, 1.82) is 0 Å². The van der Waals surface area contributed by atoms with Gasteiger partial charge in [0.1, 0.15) is 11.3 Å². The summed E-state index contributed by atoms with van der Waals surface area (Å²) >= 11 is 0. The maximum absolute atomic E-state index is 11.1. The van der Waals surface area contributed by atoms with Gasteiger partial charge in [-0.3, -0.25) is 0 Å². The maximum Gasteiger partial charge on any atom is 0.336 e. The van der Waals surface area contributed by atoms with Crippen LogP contribution in [0.1, 0.15) is 19.4 Å². The number of fused-ring (bicyclic) bond motifs is 1. The normalized spacial score (nSPS) is 13.6. The fourth-order valence-electron chi connectivity index (χ4n) is 2.14. The summed E-state index contributed by atoms with van der Waals surface area (Å²) in [7, 11) is 1.51. The zero-order chi connectivity index (χ0) is 14.9. The highest BCUT2D eigenvalue weighted by Gasteiger charge is 2.27. The standard InChI is InChI=1S/C15H18O5/c1-15(2,18)13(19-3)7-10-6-9-4-5-14(17)20-12(9)8-11(10)16/h4-6,8,13,16,18H,7H2,1-3H3/t13-/m1/s1. The van der Waals surface area contributed by atoms with Crippen LogP contribution in [0.3, 0.4) is 0 Å². The van der Waals surface area contributed by atoms with Crippen molar-refractivity contribution in [2.75, 3.05) is 7.11 Å². The molecule has 5 nitrogen and oxygen atoms in total.